The fourth-order valence-corrected chi connectivity index (χ4v) is 1.57. The van der Waals surface area contributed by atoms with Crippen molar-refractivity contribution in [1.82, 2.24) is 6.15 Å². The number of primary amides is 1. The number of carbonyl (C=O) groups excluding carboxylic acids is 1. The van der Waals surface area contributed by atoms with Gasteiger partial charge < -0.3 is 11.9 Å². The van der Waals surface area contributed by atoms with Crippen molar-refractivity contribution < 1.29 is 4.79 Å². The van der Waals surface area contributed by atoms with E-state index in [-0.39, 0.29) is 6.15 Å². The van der Waals surface area contributed by atoms with Gasteiger partial charge in [-0.15, -0.1) is 0 Å². The Morgan fingerprint density at radius 2 is 1.44 bits per heavy atom. The van der Waals surface area contributed by atoms with E-state index in [9.17, 15) is 4.79 Å². The third kappa shape index (κ3) is 2.27. The van der Waals surface area contributed by atoms with Crippen LogP contribution in [0.3, 0.4) is 0 Å². The quantitative estimate of drug-likeness (QED) is 0.805. The van der Waals surface area contributed by atoms with Gasteiger partial charge in [-0.05, 0) is 17.2 Å². The average molecular weight is 214 g/mol. The molecular weight excluding hydrogens is 200 g/mol. The van der Waals surface area contributed by atoms with Gasteiger partial charge in [-0.25, -0.2) is 0 Å². The van der Waals surface area contributed by atoms with E-state index < -0.39 is 5.91 Å². The molecule has 0 aliphatic carbocycles. The van der Waals surface area contributed by atoms with Crippen LogP contribution in [0.5, 0.6) is 0 Å². The number of nitrogens with two attached hydrogens (primary N) is 1. The smallest absolute Gasteiger partial charge is 0.249 e. The minimum atomic E-state index is -0.394. The molecule has 0 saturated carbocycles. The van der Waals surface area contributed by atoms with Gasteiger partial charge in [-0.2, -0.15) is 0 Å². The van der Waals surface area contributed by atoms with E-state index in [1.807, 2.05) is 48.5 Å². The molecule has 0 unspecified atom stereocenters. The minimum Gasteiger partial charge on any atom is -0.366 e. The van der Waals surface area contributed by atoms with Gasteiger partial charge in [0.25, 0.3) is 0 Å². The molecule has 1 amide bonds. The van der Waals surface area contributed by atoms with Crippen molar-refractivity contribution in [1.29, 1.82) is 0 Å². The van der Waals surface area contributed by atoms with Crippen LogP contribution < -0.4 is 11.9 Å². The van der Waals surface area contributed by atoms with E-state index >= 15 is 0 Å². The third-order valence-electron chi connectivity index (χ3n) is 2.28. The fraction of sp³-hybridized carbons (Fsp3) is 0. The Morgan fingerprint density at radius 1 is 0.875 bits per heavy atom. The van der Waals surface area contributed by atoms with E-state index in [2.05, 4.69) is 0 Å². The summed E-state index contributed by atoms with van der Waals surface area (Å²) in [7, 11) is 0. The summed E-state index contributed by atoms with van der Waals surface area (Å²) in [6, 6.07) is 17.1. The van der Waals surface area contributed by atoms with Crippen LogP contribution in [-0.2, 0) is 0 Å². The van der Waals surface area contributed by atoms with E-state index in [0.717, 1.165) is 11.1 Å². The number of amides is 1. The lowest BCUT2D eigenvalue weighted by atomic mass is 9.99. The van der Waals surface area contributed by atoms with Crippen molar-refractivity contribution in [2.24, 2.45) is 5.73 Å². The highest BCUT2D eigenvalue weighted by atomic mass is 16.1. The van der Waals surface area contributed by atoms with Crippen molar-refractivity contribution in [3.05, 3.63) is 60.2 Å². The molecule has 0 atom stereocenters. The summed E-state index contributed by atoms with van der Waals surface area (Å²) in [5.41, 5.74) is 7.76. The topological polar surface area (TPSA) is 78.1 Å². The summed E-state index contributed by atoms with van der Waals surface area (Å²) in [6.07, 6.45) is 0. The van der Waals surface area contributed by atoms with Crippen LogP contribution in [0.1, 0.15) is 10.4 Å². The Kier molecular flexibility index (Phi) is 3.80. The highest BCUT2D eigenvalue weighted by molar-refractivity contribution is 5.99. The lowest BCUT2D eigenvalue weighted by molar-refractivity contribution is 0.100. The minimum absolute atomic E-state index is 0. The van der Waals surface area contributed by atoms with Gasteiger partial charge in [0.05, 0.1) is 0 Å². The first-order valence-corrected chi connectivity index (χ1v) is 4.73. The van der Waals surface area contributed by atoms with E-state index in [4.69, 9.17) is 5.73 Å². The molecule has 0 fully saturated rings. The van der Waals surface area contributed by atoms with Crippen LogP contribution in [0.25, 0.3) is 11.1 Å². The Labute approximate surface area is 94.5 Å². The lowest BCUT2D eigenvalue weighted by Gasteiger charge is -2.05. The summed E-state index contributed by atoms with van der Waals surface area (Å²) in [5.74, 6) is -0.394. The molecule has 82 valence electrons. The zero-order valence-corrected chi connectivity index (χ0v) is 8.89. The third-order valence-corrected chi connectivity index (χ3v) is 2.28. The second-order valence-corrected chi connectivity index (χ2v) is 3.28. The monoisotopic (exact) mass is 214 g/mol. The molecule has 0 radical (unpaired) electrons. The van der Waals surface area contributed by atoms with E-state index in [0.29, 0.717) is 5.56 Å². The number of rotatable bonds is 2. The lowest BCUT2D eigenvalue weighted by Crippen LogP contribution is -2.12. The predicted octanol–water partition coefficient (Wildman–Crippen LogP) is 2.61. The molecule has 2 aromatic carbocycles. The number of hydrogen-bond acceptors (Lipinski definition) is 2. The molecule has 0 aromatic heterocycles. The summed E-state index contributed by atoms with van der Waals surface area (Å²) in [4.78, 5) is 11.2. The van der Waals surface area contributed by atoms with Crippen molar-refractivity contribution >= 4 is 5.91 Å². The van der Waals surface area contributed by atoms with Gasteiger partial charge in [0, 0.05) is 5.56 Å². The van der Waals surface area contributed by atoms with E-state index in [1.165, 1.54) is 0 Å². The Morgan fingerprint density at radius 3 is 2.06 bits per heavy atom. The van der Waals surface area contributed by atoms with Gasteiger partial charge in [0.15, 0.2) is 0 Å². The van der Waals surface area contributed by atoms with Crippen molar-refractivity contribution in [3.8, 4) is 11.1 Å². The first kappa shape index (κ1) is 11.9. The van der Waals surface area contributed by atoms with Crippen LogP contribution in [0.4, 0.5) is 0 Å². The van der Waals surface area contributed by atoms with Crippen molar-refractivity contribution in [3.63, 3.8) is 0 Å². The zero-order valence-electron chi connectivity index (χ0n) is 8.89. The molecule has 0 aliphatic heterocycles. The summed E-state index contributed by atoms with van der Waals surface area (Å²) in [5, 5.41) is 0. The molecule has 0 heterocycles. The van der Waals surface area contributed by atoms with Crippen LogP contribution >= 0.6 is 0 Å². The summed E-state index contributed by atoms with van der Waals surface area (Å²) < 4.78 is 0. The highest BCUT2D eigenvalue weighted by Gasteiger charge is 2.07. The molecule has 5 N–H and O–H groups in total. The number of benzene rings is 2. The molecule has 2 rings (SSSR count). The first-order valence-electron chi connectivity index (χ1n) is 4.73. The zero-order chi connectivity index (χ0) is 10.7. The normalized spacial score (nSPS) is 9.25. The Balaban J connectivity index is 0.00000128. The fourth-order valence-electron chi connectivity index (χ4n) is 1.57. The molecule has 3 heteroatoms. The van der Waals surface area contributed by atoms with Crippen LogP contribution in [0.2, 0.25) is 0 Å². The van der Waals surface area contributed by atoms with Gasteiger partial charge >= 0.3 is 0 Å². The van der Waals surface area contributed by atoms with Gasteiger partial charge in [0.2, 0.25) is 5.91 Å². The second-order valence-electron chi connectivity index (χ2n) is 3.28. The molecule has 0 saturated heterocycles. The number of carbonyl (C=O) groups is 1. The van der Waals surface area contributed by atoms with Crippen LogP contribution in [-0.4, -0.2) is 5.91 Å². The van der Waals surface area contributed by atoms with Crippen molar-refractivity contribution in [2.75, 3.05) is 0 Å². The van der Waals surface area contributed by atoms with Crippen molar-refractivity contribution in [2.45, 2.75) is 0 Å². The Bertz CT molecular complexity index is 480. The molecular formula is C13H14N2O. The summed E-state index contributed by atoms with van der Waals surface area (Å²) >= 11 is 0. The maximum atomic E-state index is 11.2. The largest absolute Gasteiger partial charge is 0.366 e. The molecule has 0 spiro atoms. The highest BCUT2D eigenvalue weighted by Crippen LogP contribution is 2.22. The average Bonchev–Trinajstić information content (AvgIpc) is 2.30. The summed E-state index contributed by atoms with van der Waals surface area (Å²) in [6.45, 7) is 0. The molecule has 3 nitrogen and oxygen atoms in total. The van der Waals surface area contributed by atoms with Gasteiger partial charge in [-0.3, -0.25) is 4.79 Å². The van der Waals surface area contributed by atoms with E-state index in [1.54, 1.807) is 6.07 Å². The van der Waals surface area contributed by atoms with Gasteiger partial charge in [0.1, 0.15) is 0 Å². The Hall–Kier alpha value is -2.13. The standard InChI is InChI=1S/C13H11NO.H3N/c14-13(15)12-9-5-4-8-11(12)10-6-2-1-3-7-10;/h1-9H,(H2,14,15);1H3. The maximum Gasteiger partial charge on any atom is 0.249 e. The first-order chi connectivity index (χ1) is 7.29. The SMILES string of the molecule is N.NC(=O)c1ccccc1-c1ccccc1. The molecule has 0 bridgehead atoms. The molecule has 16 heavy (non-hydrogen) atoms. The molecule has 0 aliphatic rings. The van der Waals surface area contributed by atoms with Crippen LogP contribution in [0, 0.1) is 0 Å². The predicted molar refractivity (Wildman–Crippen MR) is 65.4 cm³/mol. The second kappa shape index (κ2) is 5.09. The molecule has 2 aromatic rings. The number of hydrogen-bond donors (Lipinski definition) is 2. The maximum absolute atomic E-state index is 11.2. The van der Waals surface area contributed by atoms with Crippen LogP contribution in [0.15, 0.2) is 54.6 Å². The van der Waals surface area contributed by atoms with Gasteiger partial charge in [-0.1, -0.05) is 48.5 Å².